The van der Waals surface area contributed by atoms with Gasteiger partial charge >= 0.3 is 12.1 Å². The van der Waals surface area contributed by atoms with Gasteiger partial charge in [0.2, 0.25) is 0 Å². The fourth-order valence-corrected chi connectivity index (χ4v) is 2.56. The molecule has 1 fully saturated rings. The SMILES string of the molecule is COC(=O)C1CCN1C(=O)C(NC(=O)OC(C)(C)C)c1ccccc1. The Kier molecular flexibility index (Phi) is 5.66. The van der Waals surface area contributed by atoms with E-state index in [1.165, 1.54) is 12.0 Å². The fourth-order valence-electron chi connectivity index (χ4n) is 2.56. The third-order valence-corrected chi connectivity index (χ3v) is 3.82. The number of nitrogens with one attached hydrogen (secondary N) is 1. The van der Waals surface area contributed by atoms with Crippen molar-refractivity contribution in [3.63, 3.8) is 0 Å². The number of likely N-dealkylation sites (tertiary alicyclic amines) is 1. The highest BCUT2D eigenvalue weighted by molar-refractivity contribution is 5.91. The number of hydrogen-bond acceptors (Lipinski definition) is 5. The highest BCUT2D eigenvalue weighted by atomic mass is 16.6. The van der Waals surface area contributed by atoms with Crippen molar-refractivity contribution < 1.29 is 23.9 Å². The average Bonchev–Trinajstić information content (AvgIpc) is 2.50. The Balaban J connectivity index is 2.19. The Morgan fingerprint density at radius 1 is 1.20 bits per heavy atom. The summed E-state index contributed by atoms with van der Waals surface area (Å²) < 4.78 is 9.98. The number of carbonyl (C=O) groups is 3. The standard InChI is InChI=1S/C18H24N2O5/c1-18(2,3)25-17(23)19-14(12-8-6-5-7-9-12)15(21)20-11-10-13(20)16(22)24-4/h5-9,13-14H,10-11H2,1-4H3,(H,19,23). The van der Waals surface area contributed by atoms with Crippen LogP contribution in [0.15, 0.2) is 30.3 Å². The molecule has 2 rings (SSSR count). The van der Waals surface area contributed by atoms with Crippen molar-refractivity contribution in [1.82, 2.24) is 10.2 Å². The van der Waals surface area contributed by atoms with Crippen molar-refractivity contribution >= 4 is 18.0 Å². The number of alkyl carbamates (subject to hydrolysis) is 1. The topological polar surface area (TPSA) is 84.9 Å². The maximum absolute atomic E-state index is 12.9. The van der Waals surface area contributed by atoms with Crippen molar-refractivity contribution in [1.29, 1.82) is 0 Å². The van der Waals surface area contributed by atoms with Crippen LogP contribution in [-0.2, 0) is 19.1 Å². The molecule has 7 heteroatoms. The summed E-state index contributed by atoms with van der Waals surface area (Å²) in [5.41, 5.74) is -0.0615. The smallest absolute Gasteiger partial charge is 0.408 e. The van der Waals surface area contributed by atoms with Crippen molar-refractivity contribution in [3.8, 4) is 0 Å². The lowest BCUT2D eigenvalue weighted by Gasteiger charge is -2.40. The van der Waals surface area contributed by atoms with E-state index in [1.54, 1.807) is 45.0 Å². The van der Waals surface area contributed by atoms with E-state index in [9.17, 15) is 14.4 Å². The van der Waals surface area contributed by atoms with Crippen LogP contribution in [-0.4, -0.2) is 48.2 Å². The molecule has 1 aromatic rings. The summed E-state index contributed by atoms with van der Waals surface area (Å²) in [5.74, 6) is -0.817. The molecular formula is C18H24N2O5. The molecule has 7 nitrogen and oxygen atoms in total. The number of methoxy groups -OCH3 is 1. The van der Waals surface area contributed by atoms with Gasteiger partial charge in [-0.05, 0) is 32.8 Å². The lowest BCUT2D eigenvalue weighted by Crippen LogP contribution is -2.58. The molecule has 1 N–H and O–H groups in total. The predicted octanol–water partition coefficient (Wildman–Crippen LogP) is 2.03. The molecule has 1 heterocycles. The Labute approximate surface area is 147 Å². The van der Waals surface area contributed by atoms with Gasteiger partial charge in [0.15, 0.2) is 0 Å². The number of nitrogens with zero attached hydrogens (tertiary/aromatic N) is 1. The van der Waals surface area contributed by atoms with E-state index in [1.807, 2.05) is 6.07 Å². The zero-order chi connectivity index (χ0) is 18.6. The van der Waals surface area contributed by atoms with Crippen LogP contribution >= 0.6 is 0 Å². The molecule has 0 radical (unpaired) electrons. The predicted molar refractivity (Wildman–Crippen MR) is 90.7 cm³/mol. The van der Waals surface area contributed by atoms with Crippen LogP contribution in [0.4, 0.5) is 4.79 Å². The number of amides is 2. The normalized spacial score (nSPS) is 17.9. The van der Waals surface area contributed by atoms with Gasteiger partial charge in [-0.25, -0.2) is 9.59 Å². The van der Waals surface area contributed by atoms with Gasteiger partial charge < -0.3 is 19.7 Å². The van der Waals surface area contributed by atoms with E-state index in [0.717, 1.165) is 0 Å². The number of benzene rings is 1. The van der Waals surface area contributed by atoms with Crippen molar-refractivity contribution in [2.24, 2.45) is 0 Å². The molecule has 1 aliphatic heterocycles. The number of hydrogen-bond donors (Lipinski definition) is 1. The Morgan fingerprint density at radius 2 is 1.84 bits per heavy atom. The molecule has 0 aliphatic carbocycles. The minimum Gasteiger partial charge on any atom is -0.467 e. The van der Waals surface area contributed by atoms with Crippen LogP contribution in [0.2, 0.25) is 0 Å². The highest BCUT2D eigenvalue weighted by Crippen LogP contribution is 2.25. The molecule has 1 aromatic carbocycles. The van der Waals surface area contributed by atoms with Crippen molar-refractivity contribution in [2.45, 2.75) is 44.9 Å². The van der Waals surface area contributed by atoms with Crippen LogP contribution < -0.4 is 5.32 Å². The summed E-state index contributed by atoms with van der Waals surface area (Å²) in [6, 6.07) is 7.33. The van der Waals surface area contributed by atoms with Crippen LogP contribution in [0.1, 0.15) is 38.8 Å². The maximum Gasteiger partial charge on any atom is 0.408 e. The first kappa shape index (κ1) is 18.8. The van der Waals surface area contributed by atoms with Gasteiger partial charge in [-0.15, -0.1) is 0 Å². The van der Waals surface area contributed by atoms with Crippen LogP contribution in [0.25, 0.3) is 0 Å². The monoisotopic (exact) mass is 348 g/mol. The Morgan fingerprint density at radius 3 is 2.32 bits per heavy atom. The molecule has 2 unspecified atom stereocenters. The van der Waals surface area contributed by atoms with Gasteiger partial charge in [0.25, 0.3) is 5.91 Å². The number of rotatable bonds is 4. The average molecular weight is 348 g/mol. The minimum absolute atomic E-state index is 0.362. The summed E-state index contributed by atoms with van der Waals surface area (Å²) in [6.45, 7) is 5.68. The first-order valence-electron chi connectivity index (χ1n) is 8.15. The second kappa shape index (κ2) is 7.55. The van der Waals surface area contributed by atoms with E-state index >= 15 is 0 Å². The largest absolute Gasteiger partial charge is 0.467 e. The fraction of sp³-hybridized carbons (Fsp3) is 0.500. The zero-order valence-corrected chi connectivity index (χ0v) is 14.9. The number of esters is 1. The van der Waals surface area contributed by atoms with Gasteiger partial charge in [0.1, 0.15) is 17.7 Å². The summed E-state index contributed by atoms with van der Waals surface area (Å²) in [4.78, 5) is 38.2. The van der Waals surface area contributed by atoms with Gasteiger partial charge in [0.05, 0.1) is 7.11 Å². The summed E-state index contributed by atoms with van der Waals surface area (Å²) in [5, 5.41) is 2.61. The third kappa shape index (κ3) is 4.71. The first-order valence-corrected chi connectivity index (χ1v) is 8.15. The lowest BCUT2D eigenvalue weighted by molar-refractivity contribution is -0.160. The second-order valence-corrected chi connectivity index (χ2v) is 6.85. The highest BCUT2D eigenvalue weighted by Gasteiger charge is 2.42. The molecule has 2 atom stereocenters. The Bertz CT molecular complexity index is 639. The van der Waals surface area contributed by atoms with Crippen LogP contribution in [0.3, 0.4) is 0 Å². The summed E-state index contributed by atoms with van der Waals surface area (Å²) >= 11 is 0. The Hall–Kier alpha value is -2.57. The van der Waals surface area contributed by atoms with Crippen LogP contribution in [0.5, 0.6) is 0 Å². The van der Waals surface area contributed by atoms with Gasteiger partial charge in [-0.1, -0.05) is 30.3 Å². The van der Waals surface area contributed by atoms with E-state index in [-0.39, 0.29) is 5.91 Å². The molecule has 1 saturated heterocycles. The summed E-state index contributed by atoms with van der Waals surface area (Å²) in [7, 11) is 1.29. The molecular weight excluding hydrogens is 324 g/mol. The molecule has 0 spiro atoms. The van der Waals surface area contributed by atoms with E-state index in [2.05, 4.69) is 5.32 Å². The molecule has 1 aliphatic rings. The van der Waals surface area contributed by atoms with Crippen molar-refractivity contribution in [3.05, 3.63) is 35.9 Å². The van der Waals surface area contributed by atoms with Gasteiger partial charge in [0, 0.05) is 6.54 Å². The quantitative estimate of drug-likeness (QED) is 0.842. The molecule has 0 saturated carbocycles. The van der Waals surface area contributed by atoms with Crippen LogP contribution in [0, 0.1) is 0 Å². The van der Waals surface area contributed by atoms with E-state index in [0.29, 0.717) is 18.5 Å². The summed E-state index contributed by atoms with van der Waals surface area (Å²) in [6.07, 6.45) is -0.142. The number of carbonyl (C=O) groups excluding carboxylic acids is 3. The van der Waals surface area contributed by atoms with Crippen molar-refractivity contribution in [2.75, 3.05) is 13.7 Å². The first-order chi connectivity index (χ1) is 11.7. The van der Waals surface area contributed by atoms with Gasteiger partial charge in [-0.2, -0.15) is 0 Å². The zero-order valence-electron chi connectivity index (χ0n) is 14.9. The molecule has 0 bridgehead atoms. The molecule has 2 amide bonds. The number of ether oxygens (including phenoxy) is 2. The molecule has 0 aromatic heterocycles. The minimum atomic E-state index is -0.927. The lowest BCUT2D eigenvalue weighted by atomic mass is 9.98. The molecule has 25 heavy (non-hydrogen) atoms. The second-order valence-electron chi connectivity index (χ2n) is 6.85. The maximum atomic E-state index is 12.9. The van der Waals surface area contributed by atoms with E-state index < -0.39 is 29.7 Å². The third-order valence-electron chi connectivity index (χ3n) is 3.82. The molecule has 136 valence electrons. The van der Waals surface area contributed by atoms with E-state index in [4.69, 9.17) is 9.47 Å². The van der Waals surface area contributed by atoms with Gasteiger partial charge in [-0.3, -0.25) is 4.79 Å².